The smallest absolute Gasteiger partial charge is 0.266 e. The van der Waals surface area contributed by atoms with Crippen molar-refractivity contribution >= 4 is 48.9 Å². The average Bonchev–Trinajstić information content (AvgIpc) is 2.75. The van der Waals surface area contributed by atoms with Gasteiger partial charge in [-0.3, -0.25) is 4.79 Å². The van der Waals surface area contributed by atoms with Crippen molar-refractivity contribution < 1.29 is 4.79 Å². The van der Waals surface area contributed by atoms with E-state index >= 15 is 0 Å². The van der Waals surface area contributed by atoms with E-state index in [2.05, 4.69) is 29.8 Å². The maximum absolute atomic E-state index is 12.6. The van der Waals surface area contributed by atoms with Gasteiger partial charge in [-0.15, -0.1) is 11.3 Å². The number of carbonyl (C=O) groups is 1. The molecule has 0 saturated carbocycles. The Hall–Kier alpha value is -1.07. The number of halogens is 1. The van der Waals surface area contributed by atoms with Crippen molar-refractivity contribution in [2.24, 2.45) is 0 Å². The summed E-state index contributed by atoms with van der Waals surface area (Å²) in [5, 5.41) is 0.959. The van der Waals surface area contributed by atoms with Crippen LogP contribution in [0.25, 0.3) is 10.1 Å². The summed E-state index contributed by atoms with van der Waals surface area (Å²) in [5.74, 6) is 0.0588. The van der Waals surface area contributed by atoms with Gasteiger partial charge in [-0.05, 0) is 31.0 Å². The highest BCUT2D eigenvalue weighted by Crippen LogP contribution is 2.36. The molecule has 0 unspecified atom stereocenters. The molecule has 0 aliphatic carbocycles. The number of nitrogens with two attached hydrogens (primary N) is 1. The molecule has 0 aliphatic rings. The largest absolute Gasteiger partial charge is 0.397 e. The third-order valence-electron chi connectivity index (χ3n) is 3.16. The van der Waals surface area contributed by atoms with Gasteiger partial charge in [-0.2, -0.15) is 0 Å². The minimum atomic E-state index is 0.0588. The van der Waals surface area contributed by atoms with Crippen LogP contribution in [0, 0.1) is 0 Å². The van der Waals surface area contributed by atoms with Gasteiger partial charge in [0.15, 0.2) is 0 Å². The Morgan fingerprint density at radius 1 is 1.30 bits per heavy atom. The zero-order chi connectivity index (χ0) is 14.7. The molecular weight excluding hydrogens is 336 g/mol. The summed E-state index contributed by atoms with van der Waals surface area (Å²) in [6, 6.07) is 5.95. The summed E-state index contributed by atoms with van der Waals surface area (Å²) in [4.78, 5) is 15.2. The van der Waals surface area contributed by atoms with Crippen LogP contribution in [0.5, 0.6) is 0 Å². The number of nitrogens with zero attached hydrogens (tertiary/aromatic N) is 1. The van der Waals surface area contributed by atoms with E-state index in [4.69, 9.17) is 5.73 Å². The lowest BCUT2D eigenvalue weighted by Crippen LogP contribution is -2.32. The third-order valence-corrected chi connectivity index (χ3v) is 4.82. The highest BCUT2D eigenvalue weighted by molar-refractivity contribution is 9.10. The Bertz CT molecular complexity index is 618. The van der Waals surface area contributed by atoms with Gasteiger partial charge >= 0.3 is 0 Å². The minimum Gasteiger partial charge on any atom is -0.397 e. The van der Waals surface area contributed by atoms with Gasteiger partial charge in [-0.25, -0.2) is 0 Å². The zero-order valence-corrected chi connectivity index (χ0v) is 14.2. The molecule has 2 N–H and O–H groups in total. The van der Waals surface area contributed by atoms with E-state index in [-0.39, 0.29) is 5.91 Å². The first-order valence-corrected chi connectivity index (χ1v) is 8.46. The summed E-state index contributed by atoms with van der Waals surface area (Å²) in [6.07, 6.45) is 1.92. The van der Waals surface area contributed by atoms with Gasteiger partial charge in [0, 0.05) is 27.6 Å². The lowest BCUT2D eigenvalue weighted by molar-refractivity contribution is 0.0761. The van der Waals surface area contributed by atoms with Crippen LogP contribution in [0.4, 0.5) is 5.69 Å². The lowest BCUT2D eigenvalue weighted by Gasteiger charge is -2.20. The van der Waals surface area contributed by atoms with Crippen LogP contribution in [0.15, 0.2) is 22.7 Å². The van der Waals surface area contributed by atoms with Gasteiger partial charge < -0.3 is 10.6 Å². The molecule has 0 saturated heterocycles. The normalized spacial score (nSPS) is 10.9. The Balaban J connectivity index is 2.40. The van der Waals surface area contributed by atoms with E-state index in [1.807, 2.05) is 23.1 Å². The van der Waals surface area contributed by atoms with Crippen molar-refractivity contribution in [1.29, 1.82) is 0 Å². The number of hydrogen-bond acceptors (Lipinski definition) is 3. The third kappa shape index (κ3) is 2.99. The van der Waals surface area contributed by atoms with E-state index in [0.717, 1.165) is 40.5 Å². The number of amides is 1. The molecule has 2 rings (SSSR count). The molecule has 108 valence electrons. The van der Waals surface area contributed by atoms with E-state index in [1.54, 1.807) is 0 Å². The van der Waals surface area contributed by atoms with Crippen LogP contribution < -0.4 is 5.73 Å². The minimum absolute atomic E-state index is 0.0588. The lowest BCUT2D eigenvalue weighted by atomic mass is 10.2. The first-order valence-electron chi connectivity index (χ1n) is 6.85. The molecule has 1 heterocycles. The molecule has 3 nitrogen and oxygen atoms in total. The zero-order valence-electron chi connectivity index (χ0n) is 11.8. The molecule has 0 fully saturated rings. The van der Waals surface area contributed by atoms with E-state index in [1.165, 1.54) is 11.3 Å². The van der Waals surface area contributed by atoms with E-state index < -0.39 is 0 Å². The second kappa shape index (κ2) is 6.59. The van der Waals surface area contributed by atoms with Crippen LogP contribution in [0.1, 0.15) is 36.4 Å². The molecular formula is C15H19BrN2OS. The fraction of sp³-hybridized carbons (Fsp3) is 0.400. The molecule has 0 aliphatic heterocycles. The highest BCUT2D eigenvalue weighted by Gasteiger charge is 2.21. The number of carbonyl (C=O) groups excluding carboxylic acids is 1. The Morgan fingerprint density at radius 3 is 2.55 bits per heavy atom. The van der Waals surface area contributed by atoms with Crippen molar-refractivity contribution in [2.75, 3.05) is 18.8 Å². The number of rotatable bonds is 5. The van der Waals surface area contributed by atoms with E-state index in [9.17, 15) is 4.79 Å². The summed E-state index contributed by atoms with van der Waals surface area (Å²) in [6.45, 7) is 5.73. The topological polar surface area (TPSA) is 46.3 Å². The molecule has 20 heavy (non-hydrogen) atoms. The Labute approximate surface area is 131 Å². The van der Waals surface area contributed by atoms with Gasteiger partial charge in [0.25, 0.3) is 5.91 Å². The maximum Gasteiger partial charge on any atom is 0.266 e. The standard InChI is InChI=1S/C15H19BrN2OS/c1-3-7-18(8-4-2)15(19)14-13(17)11-9-10(16)5-6-12(11)20-14/h5-6,9H,3-4,7-8,17H2,1-2H3. The molecule has 0 radical (unpaired) electrons. The summed E-state index contributed by atoms with van der Waals surface area (Å²) in [5.41, 5.74) is 6.79. The molecule has 0 bridgehead atoms. The number of nitrogen functional groups attached to an aromatic ring is 1. The number of anilines is 1. The van der Waals surface area contributed by atoms with Gasteiger partial charge in [0.05, 0.1) is 5.69 Å². The fourth-order valence-electron chi connectivity index (χ4n) is 2.25. The van der Waals surface area contributed by atoms with Crippen molar-refractivity contribution in [3.63, 3.8) is 0 Å². The predicted molar refractivity (Wildman–Crippen MR) is 90.4 cm³/mol. The molecule has 2 aromatic rings. The number of hydrogen-bond donors (Lipinski definition) is 1. The summed E-state index contributed by atoms with van der Waals surface area (Å²) >= 11 is 4.93. The Morgan fingerprint density at radius 2 is 1.95 bits per heavy atom. The fourth-order valence-corrected chi connectivity index (χ4v) is 3.68. The molecule has 1 aromatic carbocycles. The molecule has 5 heteroatoms. The molecule has 1 aromatic heterocycles. The summed E-state index contributed by atoms with van der Waals surface area (Å²) in [7, 11) is 0. The van der Waals surface area contributed by atoms with Crippen molar-refractivity contribution in [3.8, 4) is 0 Å². The average molecular weight is 355 g/mol. The van der Waals surface area contributed by atoms with Crippen molar-refractivity contribution in [2.45, 2.75) is 26.7 Å². The predicted octanol–water partition coefficient (Wildman–Crippen LogP) is 4.51. The first-order chi connectivity index (χ1) is 9.58. The SMILES string of the molecule is CCCN(CCC)C(=O)c1sc2ccc(Br)cc2c1N. The second-order valence-corrected chi connectivity index (χ2v) is 6.75. The first kappa shape index (κ1) is 15.3. The monoisotopic (exact) mass is 354 g/mol. The number of benzene rings is 1. The quantitative estimate of drug-likeness (QED) is 0.858. The summed E-state index contributed by atoms with van der Waals surface area (Å²) < 4.78 is 2.04. The van der Waals surface area contributed by atoms with Crippen LogP contribution in [0.2, 0.25) is 0 Å². The van der Waals surface area contributed by atoms with Crippen LogP contribution in [-0.2, 0) is 0 Å². The van der Waals surface area contributed by atoms with Gasteiger partial charge in [0.2, 0.25) is 0 Å². The maximum atomic E-state index is 12.6. The van der Waals surface area contributed by atoms with Crippen LogP contribution >= 0.6 is 27.3 Å². The molecule has 1 amide bonds. The highest BCUT2D eigenvalue weighted by atomic mass is 79.9. The van der Waals surface area contributed by atoms with Crippen LogP contribution in [-0.4, -0.2) is 23.9 Å². The van der Waals surface area contributed by atoms with Crippen molar-refractivity contribution in [1.82, 2.24) is 4.90 Å². The van der Waals surface area contributed by atoms with Crippen LogP contribution in [0.3, 0.4) is 0 Å². The van der Waals surface area contributed by atoms with E-state index in [0.29, 0.717) is 10.6 Å². The second-order valence-electron chi connectivity index (χ2n) is 4.78. The van der Waals surface area contributed by atoms with Gasteiger partial charge in [-0.1, -0.05) is 29.8 Å². The number of thiophene rings is 1. The van der Waals surface area contributed by atoms with Crippen molar-refractivity contribution in [3.05, 3.63) is 27.5 Å². The molecule has 0 spiro atoms. The number of fused-ring (bicyclic) bond motifs is 1. The van der Waals surface area contributed by atoms with Gasteiger partial charge in [0.1, 0.15) is 4.88 Å². The molecule has 0 atom stereocenters. The Kier molecular flexibility index (Phi) is 5.05.